The van der Waals surface area contributed by atoms with Gasteiger partial charge < -0.3 is 19.8 Å². The molecule has 0 unspecified atom stereocenters. The molecule has 0 atom stereocenters. The van der Waals surface area contributed by atoms with Gasteiger partial charge in [0.15, 0.2) is 18.1 Å². The second-order valence-corrected chi connectivity index (χ2v) is 7.59. The van der Waals surface area contributed by atoms with E-state index in [1.54, 1.807) is 13.2 Å². The lowest BCUT2D eigenvalue weighted by Gasteiger charge is -2.14. The van der Waals surface area contributed by atoms with Gasteiger partial charge in [-0.25, -0.2) is 4.98 Å². The van der Waals surface area contributed by atoms with Gasteiger partial charge in [0.1, 0.15) is 5.82 Å². The highest BCUT2D eigenvalue weighted by Crippen LogP contribution is 2.38. The Morgan fingerprint density at radius 3 is 2.63 bits per heavy atom. The molecule has 6 nitrogen and oxygen atoms in total. The predicted octanol–water partition coefficient (Wildman–Crippen LogP) is 5.33. The Bertz CT molecular complexity index is 1190. The molecule has 3 aromatic carbocycles. The SMILES string of the molecule is COc1cc(-c2nc3ccccc3[nH]2)c(Br)cc1OCC(=O)Nc1ccccc1C. The van der Waals surface area contributed by atoms with Crippen LogP contribution < -0.4 is 14.8 Å². The number of H-pyrrole nitrogens is 1. The summed E-state index contributed by atoms with van der Waals surface area (Å²) in [5, 5.41) is 2.85. The fraction of sp³-hybridized carbons (Fsp3) is 0.130. The lowest BCUT2D eigenvalue weighted by Crippen LogP contribution is -2.20. The van der Waals surface area contributed by atoms with Gasteiger partial charge in [0.2, 0.25) is 0 Å². The number of ether oxygens (including phenoxy) is 2. The molecule has 4 rings (SSSR count). The third-order valence-corrected chi connectivity index (χ3v) is 5.33. The van der Waals surface area contributed by atoms with Crippen molar-refractivity contribution in [3.05, 3.63) is 70.7 Å². The summed E-state index contributed by atoms with van der Waals surface area (Å²) in [5.74, 6) is 1.44. The monoisotopic (exact) mass is 465 g/mol. The Morgan fingerprint density at radius 2 is 1.87 bits per heavy atom. The van der Waals surface area contributed by atoms with Crippen LogP contribution in [0, 0.1) is 6.92 Å². The van der Waals surface area contributed by atoms with Gasteiger partial charge in [0.25, 0.3) is 5.91 Å². The molecule has 0 spiro atoms. The number of aromatic nitrogens is 2. The number of hydrogen-bond acceptors (Lipinski definition) is 4. The number of methoxy groups -OCH3 is 1. The minimum atomic E-state index is -0.246. The van der Waals surface area contributed by atoms with Crippen molar-refractivity contribution in [2.75, 3.05) is 19.0 Å². The standard InChI is InChI=1S/C23H20BrN3O3/c1-14-7-3-4-8-17(14)25-22(28)13-30-21-12-16(24)15(11-20(21)29-2)23-26-18-9-5-6-10-19(18)27-23/h3-12H,13H2,1-2H3,(H,25,28)(H,26,27). The molecule has 1 heterocycles. The number of halogens is 1. The first-order valence-electron chi connectivity index (χ1n) is 9.36. The molecule has 0 aliphatic carbocycles. The Balaban J connectivity index is 1.53. The van der Waals surface area contributed by atoms with E-state index in [1.807, 2.05) is 61.5 Å². The van der Waals surface area contributed by atoms with E-state index in [0.717, 1.165) is 32.3 Å². The average molecular weight is 466 g/mol. The first kappa shape index (κ1) is 20.0. The van der Waals surface area contributed by atoms with Gasteiger partial charge in [0.05, 0.1) is 18.1 Å². The van der Waals surface area contributed by atoms with Crippen molar-refractivity contribution in [1.82, 2.24) is 9.97 Å². The number of carbonyl (C=O) groups excluding carboxylic acids is 1. The topological polar surface area (TPSA) is 76.2 Å². The van der Waals surface area contributed by atoms with Gasteiger partial charge in [0, 0.05) is 15.7 Å². The predicted molar refractivity (Wildman–Crippen MR) is 121 cm³/mol. The first-order chi connectivity index (χ1) is 14.5. The number of rotatable bonds is 6. The fourth-order valence-corrected chi connectivity index (χ4v) is 3.62. The molecule has 0 saturated heterocycles. The highest BCUT2D eigenvalue weighted by atomic mass is 79.9. The average Bonchev–Trinajstić information content (AvgIpc) is 3.18. The molecule has 0 saturated carbocycles. The van der Waals surface area contributed by atoms with Crippen molar-refractivity contribution in [1.29, 1.82) is 0 Å². The van der Waals surface area contributed by atoms with Crippen LogP contribution in [-0.2, 0) is 4.79 Å². The third kappa shape index (κ3) is 4.16. The van der Waals surface area contributed by atoms with Crippen molar-refractivity contribution in [2.24, 2.45) is 0 Å². The molecule has 2 N–H and O–H groups in total. The number of fused-ring (bicyclic) bond motifs is 1. The number of aromatic amines is 1. The number of carbonyl (C=O) groups is 1. The van der Waals surface area contributed by atoms with Crippen LogP contribution in [-0.4, -0.2) is 29.6 Å². The molecule has 7 heteroatoms. The molecule has 152 valence electrons. The highest BCUT2D eigenvalue weighted by Gasteiger charge is 2.16. The molecule has 0 aliphatic rings. The van der Waals surface area contributed by atoms with Crippen LogP contribution in [0.4, 0.5) is 5.69 Å². The van der Waals surface area contributed by atoms with Crippen molar-refractivity contribution in [3.63, 3.8) is 0 Å². The van der Waals surface area contributed by atoms with Gasteiger partial charge in [-0.2, -0.15) is 0 Å². The maximum absolute atomic E-state index is 12.3. The van der Waals surface area contributed by atoms with E-state index < -0.39 is 0 Å². The molecular formula is C23H20BrN3O3. The Hall–Kier alpha value is -3.32. The first-order valence-corrected chi connectivity index (χ1v) is 10.2. The number of para-hydroxylation sites is 3. The third-order valence-electron chi connectivity index (χ3n) is 4.68. The van der Waals surface area contributed by atoms with Crippen LogP contribution in [0.2, 0.25) is 0 Å². The van der Waals surface area contributed by atoms with Gasteiger partial charge in [-0.05, 0) is 58.7 Å². The normalized spacial score (nSPS) is 10.8. The zero-order chi connectivity index (χ0) is 21.1. The molecule has 0 radical (unpaired) electrons. The maximum atomic E-state index is 12.3. The Labute approximate surface area is 182 Å². The Kier molecular flexibility index (Phi) is 5.72. The van der Waals surface area contributed by atoms with Crippen LogP contribution >= 0.6 is 15.9 Å². The molecule has 1 amide bonds. The van der Waals surface area contributed by atoms with Crippen LogP contribution in [0.25, 0.3) is 22.4 Å². The van der Waals surface area contributed by atoms with Gasteiger partial charge in [-0.15, -0.1) is 0 Å². The van der Waals surface area contributed by atoms with E-state index >= 15 is 0 Å². The van der Waals surface area contributed by atoms with Crippen LogP contribution in [0.1, 0.15) is 5.56 Å². The molecule has 4 aromatic rings. The van der Waals surface area contributed by atoms with Gasteiger partial charge in [-0.1, -0.05) is 30.3 Å². The van der Waals surface area contributed by atoms with E-state index in [-0.39, 0.29) is 12.5 Å². The summed E-state index contributed by atoms with van der Waals surface area (Å²) in [5.41, 5.74) is 4.42. The van der Waals surface area contributed by atoms with Crippen molar-refractivity contribution in [3.8, 4) is 22.9 Å². The molecule has 0 aliphatic heterocycles. The summed E-state index contributed by atoms with van der Waals surface area (Å²) in [6, 6.07) is 19.0. The zero-order valence-corrected chi connectivity index (χ0v) is 18.1. The zero-order valence-electron chi connectivity index (χ0n) is 16.5. The number of benzene rings is 3. The summed E-state index contributed by atoms with van der Waals surface area (Å²) < 4.78 is 12.0. The van der Waals surface area contributed by atoms with E-state index in [9.17, 15) is 4.79 Å². The minimum absolute atomic E-state index is 0.138. The lowest BCUT2D eigenvalue weighted by atomic mass is 10.2. The molecule has 30 heavy (non-hydrogen) atoms. The smallest absolute Gasteiger partial charge is 0.262 e. The molecule has 1 aromatic heterocycles. The number of nitrogens with zero attached hydrogens (tertiary/aromatic N) is 1. The van der Waals surface area contributed by atoms with Gasteiger partial charge in [-0.3, -0.25) is 4.79 Å². The highest BCUT2D eigenvalue weighted by molar-refractivity contribution is 9.10. The van der Waals surface area contributed by atoms with Gasteiger partial charge >= 0.3 is 0 Å². The summed E-state index contributed by atoms with van der Waals surface area (Å²) in [7, 11) is 1.56. The van der Waals surface area contributed by atoms with E-state index in [0.29, 0.717) is 17.3 Å². The minimum Gasteiger partial charge on any atom is -0.493 e. The summed E-state index contributed by atoms with van der Waals surface area (Å²) >= 11 is 3.58. The Morgan fingerprint density at radius 1 is 1.10 bits per heavy atom. The molecule has 0 bridgehead atoms. The van der Waals surface area contributed by atoms with E-state index in [1.165, 1.54) is 0 Å². The van der Waals surface area contributed by atoms with Crippen LogP contribution in [0.3, 0.4) is 0 Å². The van der Waals surface area contributed by atoms with Crippen LogP contribution in [0.5, 0.6) is 11.5 Å². The quantitative estimate of drug-likeness (QED) is 0.403. The molecular weight excluding hydrogens is 446 g/mol. The van der Waals surface area contributed by atoms with Crippen molar-refractivity contribution in [2.45, 2.75) is 6.92 Å². The number of aryl methyl sites for hydroxylation is 1. The second kappa shape index (κ2) is 8.59. The second-order valence-electron chi connectivity index (χ2n) is 6.74. The number of hydrogen-bond donors (Lipinski definition) is 2. The van der Waals surface area contributed by atoms with Crippen molar-refractivity contribution < 1.29 is 14.3 Å². The number of nitrogens with one attached hydrogen (secondary N) is 2. The summed E-state index contributed by atoms with van der Waals surface area (Å²) in [6.07, 6.45) is 0. The van der Waals surface area contributed by atoms with Crippen LogP contribution in [0.15, 0.2) is 65.1 Å². The van der Waals surface area contributed by atoms with E-state index in [2.05, 4.69) is 31.2 Å². The number of amides is 1. The number of imidazole rings is 1. The largest absolute Gasteiger partial charge is 0.493 e. The summed E-state index contributed by atoms with van der Waals surface area (Å²) in [6.45, 7) is 1.80. The molecule has 0 fully saturated rings. The number of anilines is 1. The van der Waals surface area contributed by atoms with E-state index in [4.69, 9.17) is 9.47 Å². The lowest BCUT2D eigenvalue weighted by molar-refractivity contribution is -0.118. The maximum Gasteiger partial charge on any atom is 0.262 e. The summed E-state index contributed by atoms with van der Waals surface area (Å²) in [4.78, 5) is 20.2. The fourth-order valence-electron chi connectivity index (χ4n) is 3.11. The van der Waals surface area contributed by atoms with Crippen molar-refractivity contribution >= 4 is 38.6 Å².